The minimum absolute atomic E-state index is 0.165. The van der Waals surface area contributed by atoms with Crippen molar-refractivity contribution in [1.82, 2.24) is 9.78 Å². The van der Waals surface area contributed by atoms with Gasteiger partial charge in [0.2, 0.25) is 5.75 Å². The lowest BCUT2D eigenvalue weighted by Crippen LogP contribution is -2.11. The molecule has 2 aromatic carbocycles. The van der Waals surface area contributed by atoms with Crippen molar-refractivity contribution in [2.24, 2.45) is 7.05 Å². The van der Waals surface area contributed by atoms with Crippen LogP contribution in [0.15, 0.2) is 48.8 Å². The van der Waals surface area contributed by atoms with Crippen LogP contribution in [0.4, 0.5) is 5.69 Å². The van der Waals surface area contributed by atoms with Crippen LogP contribution < -0.4 is 24.3 Å². The maximum Gasteiger partial charge on any atom is 0.311 e. The second-order valence-corrected chi connectivity index (χ2v) is 6.89. The molecule has 0 fully saturated rings. The second kappa shape index (κ2) is 10.3. The van der Waals surface area contributed by atoms with Crippen LogP contribution in [0.1, 0.15) is 22.3 Å². The van der Waals surface area contributed by atoms with Crippen LogP contribution in [0.2, 0.25) is 0 Å². The lowest BCUT2D eigenvalue weighted by atomic mass is 10.1. The van der Waals surface area contributed by atoms with Crippen LogP contribution in [-0.4, -0.2) is 43.0 Å². The van der Waals surface area contributed by atoms with E-state index in [9.17, 15) is 9.59 Å². The number of aromatic nitrogens is 2. The average molecular weight is 439 g/mol. The van der Waals surface area contributed by atoms with Crippen LogP contribution in [0.3, 0.4) is 0 Å². The average Bonchev–Trinajstić information content (AvgIpc) is 3.24. The molecule has 0 spiro atoms. The van der Waals surface area contributed by atoms with Gasteiger partial charge in [-0.15, -0.1) is 0 Å². The largest absolute Gasteiger partial charge is 0.493 e. The Labute approximate surface area is 185 Å². The standard InChI is InChI=1S/C23H25N3O6/c1-26-14-16(13-24-26)23(28)25-17-6-8-18(9-7-17)32-21(27)10-5-15-11-19(29-2)22(31-4)20(12-15)30-3/h6-9,11-14H,5,10H2,1-4H3,(H,25,28). The van der Waals surface area contributed by atoms with Crippen molar-refractivity contribution in [3.63, 3.8) is 0 Å². The van der Waals surface area contributed by atoms with Crippen LogP contribution in [0.25, 0.3) is 0 Å². The summed E-state index contributed by atoms with van der Waals surface area (Å²) < 4.78 is 22.9. The third-order valence-electron chi connectivity index (χ3n) is 4.65. The maximum atomic E-state index is 12.3. The second-order valence-electron chi connectivity index (χ2n) is 6.89. The number of hydrogen-bond donors (Lipinski definition) is 1. The van der Waals surface area contributed by atoms with E-state index < -0.39 is 0 Å². The van der Waals surface area contributed by atoms with Gasteiger partial charge in [-0.1, -0.05) is 0 Å². The molecular formula is C23H25N3O6. The van der Waals surface area contributed by atoms with Gasteiger partial charge in [-0.2, -0.15) is 5.10 Å². The smallest absolute Gasteiger partial charge is 0.311 e. The number of carbonyl (C=O) groups excluding carboxylic acids is 2. The van der Waals surface area contributed by atoms with E-state index in [0.717, 1.165) is 5.56 Å². The molecule has 9 heteroatoms. The molecule has 1 aromatic heterocycles. The van der Waals surface area contributed by atoms with Crippen molar-refractivity contribution in [3.05, 3.63) is 59.9 Å². The molecule has 0 aliphatic carbocycles. The summed E-state index contributed by atoms with van der Waals surface area (Å²) in [6, 6.07) is 10.2. The van der Waals surface area contributed by atoms with Crippen molar-refractivity contribution in [1.29, 1.82) is 0 Å². The van der Waals surface area contributed by atoms with Gasteiger partial charge in [0.15, 0.2) is 11.5 Å². The first-order valence-corrected chi connectivity index (χ1v) is 9.83. The zero-order valence-electron chi connectivity index (χ0n) is 18.4. The third-order valence-corrected chi connectivity index (χ3v) is 4.65. The van der Waals surface area contributed by atoms with E-state index in [0.29, 0.717) is 40.7 Å². The van der Waals surface area contributed by atoms with Gasteiger partial charge in [0, 0.05) is 25.4 Å². The normalized spacial score (nSPS) is 10.4. The summed E-state index contributed by atoms with van der Waals surface area (Å²) >= 11 is 0. The van der Waals surface area contributed by atoms with E-state index in [1.165, 1.54) is 27.5 Å². The van der Waals surface area contributed by atoms with Gasteiger partial charge >= 0.3 is 5.97 Å². The van der Waals surface area contributed by atoms with Crippen LogP contribution in [0.5, 0.6) is 23.0 Å². The number of benzene rings is 2. The molecule has 0 radical (unpaired) electrons. The van der Waals surface area contributed by atoms with Crippen molar-refractivity contribution in [2.45, 2.75) is 12.8 Å². The predicted octanol–water partition coefficient (Wildman–Crippen LogP) is 3.24. The molecule has 1 N–H and O–H groups in total. The first-order chi connectivity index (χ1) is 15.4. The fraction of sp³-hybridized carbons (Fsp3) is 0.261. The van der Waals surface area contributed by atoms with Gasteiger partial charge < -0.3 is 24.3 Å². The number of nitrogens with zero attached hydrogens (tertiary/aromatic N) is 2. The number of ether oxygens (including phenoxy) is 4. The zero-order chi connectivity index (χ0) is 23.1. The molecule has 0 aliphatic rings. The van der Waals surface area contributed by atoms with Crippen molar-refractivity contribution >= 4 is 17.6 Å². The molecular weight excluding hydrogens is 414 g/mol. The van der Waals surface area contributed by atoms with Gasteiger partial charge in [-0.25, -0.2) is 0 Å². The number of rotatable bonds is 9. The molecule has 9 nitrogen and oxygen atoms in total. The Hall–Kier alpha value is -4.01. The summed E-state index contributed by atoms with van der Waals surface area (Å²) in [5.74, 6) is 1.29. The molecule has 1 heterocycles. The molecule has 32 heavy (non-hydrogen) atoms. The van der Waals surface area contributed by atoms with Crippen molar-refractivity contribution in [3.8, 4) is 23.0 Å². The Morgan fingerprint density at radius 1 is 1.00 bits per heavy atom. The van der Waals surface area contributed by atoms with Crippen LogP contribution in [0, 0.1) is 0 Å². The number of anilines is 1. The molecule has 168 valence electrons. The molecule has 0 saturated carbocycles. The minimum atomic E-state index is -0.383. The number of carbonyl (C=O) groups is 2. The van der Waals surface area contributed by atoms with Gasteiger partial charge in [0.1, 0.15) is 5.75 Å². The van der Waals surface area contributed by atoms with E-state index in [4.69, 9.17) is 18.9 Å². The number of hydrogen-bond acceptors (Lipinski definition) is 7. The first kappa shape index (κ1) is 22.7. The summed E-state index contributed by atoms with van der Waals surface area (Å²) in [6.45, 7) is 0. The van der Waals surface area contributed by atoms with E-state index in [1.54, 1.807) is 54.3 Å². The quantitative estimate of drug-likeness (QED) is 0.403. The molecule has 3 aromatic rings. The van der Waals surface area contributed by atoms with Gasteiger partial charge in [-0.05, 0) is 48.4 Å². The molecule has 1 amide bonds. The van der Waals surface area contributed by atoms with Gasteiger partial charge in [0.25, 0.3) is 5.91 Å². The van der Waals surface area contributed by atoms with E-state index >= 15 is 0 Å². The molecule has 0 unspecified atom stereocenters. The van der Waals surface area contributed by atoms with Crippen molar-refractivity contribution < 1.29 is 28.5 Å². The van der Waals surface area contributed by atoms with E-state index in [2.05, 4.69) is 10.4 Å². The minimum Gasteiger partial charge on any atom is -0.493 e. The predicted molar refractivity (Wildman–Crippen MR) is 118 cm³/mol. The highest BCUT2D eigenvalue weighted by Gasteiger charge is 2.15. The Bertz CT molecular complexity index is 1070. The lowest BCUT2D eigenvalue weighted by Gasteiger charge is -2.14. The topological polar surface area (TPSA) is 101 Å². The monoisotopic (exact) mass is 439 g/mol. The summed E-state index contributed by atoms with van der Waals surface area (Å²) in [7, 11) is 6.35. The molecule has 0 atom stereocenters. The number of amides is 1. The number of nitrogens with one attached hydrogen (secondary N) is 1. The highest BCUT2D eigenvalue weighted by molar-refractivity contribution is 6.03. The molecule has 0 saturated heterocycles. The van der Waals surface area contributed by atoms with Gasteiger partial charge in [0.05, 0.1) is 33.1 Å². The highest BCUT2D eigenvalue weighted by atomic mass is 16.5. The van der Waals surface area contributed by atoms with Crippen LogP contribution >= 0.6 is 0 Å². The Morgan fingerprint density at radius 2 is 1.66 bits per heavy atom. The number of methoxy groups -OCH3 is 3. The fourth-order valence-corrected chi connectivity index (χ4v) is 3.06. The fourth-order valence-electron chi connectivity index (χ4n) is 3.06. The molecule has 0 bridgehead atoms. The Kier molecular flexibility index (Phi) is 7.33. The summed E-state index contributed by atoms with van der Waals surface area (Å²) in [6.07, 6.45) is 3.71. The molecule has 0 aliphatic heterocycles. The first-order valence-electron chi connectivity index (χ1n) is 9.83. The summed E-state index contributed by atoms with van der Waals surface area (Å²) in [5.41, 5.74) is 1.88. The summed E-state index contributed by atoms with van der Waals surface area (Å²) in [4.78, 5) is 24.4. The highest BCUT2D eigenvalue weighted by Crippen LogP contribution is 2.38. The number of aryl methyl sites for hydroxylation is 2. The van der Waals surface area contributed by atoms with E-state index in [1.807, 2.05) is 0 Å². The lowest BCUT2D eigenvalue weighted by molar-refractivity contribution is -0.134. The SMILES string of the molecule is COc1cc(CCC(=O)Oc2ccc(NC(=O)c3cnn(C)c3)cc2)cc(OC)c1OC. The van der Waals surface area contributed by atoms with Gasteiger partial charge in [-0.3, -0.25) is 14.3 Å². The summed E-state index contributed by atoms with van der Waals surface area (Å²) in [5, 5.41) is 6.73. The zero-order valence-corrected chi connectivity index (χ0v) is 18.4. The Morgan fingerprint density at radius 3 is 2.19 bits per heavy atom. The third kappa shape index (κ3) is 5.57. The van der Waals surface area contributed by atoms with Crippen molar-refractivity contribution in [2.75, 3.05) is 26.6 Å². The number of esters is 1. The Balaban J connectivity index is 1.55. The van der Waals surface area contributed by atoms with E-state index in [-0.39, 0.29) is 18.3 Å². The van der Waals surface area contributed by atoms with Crippen LogP contribution in [-0.2, 0) is 18.3 Å². The maximum absolute atomic E-state index is 12.3. The molecule has 3 rings (SSSR count).